The molecule has 1 rings (SSSR count). The van der Waals surface area contributed by atoms with Crippen LogP contribution in [0, 0.1) is 0 Å². The third-order valence-corrected chi connectivity index (χ3v) is 6.05. The predicted molar refractivity (Wildman–Crippen MR) is 131 cm³/mol. The van der Waals surface area contributed by atoms with Crippen molar-refractivity contribution in [3.05, 3.63) is 0 Å². The van der Waals surface area contributed by atoms with Gasteiger partial charge in [0.2, 0.25) is 11.8 Å². The van der Waals surface area contributed by atoms with Gasteiger partial charge in [-0.3, -0.25) is 14.4 Å². The second kappa shape index (κ2) is 17.8. The monoisotopic (exact) mass is 469 g/mol. The average Bonchev–Trinajstić information content (AvgIpc) is 2.77. The summed E-state index contributed by atoms with van der Waals surface area (Å²) in [5.74, 6) is -0.838. The normalized spacial score (nSPS) is 15.9. The van der Waals surface area contributed by atoms with Gasteiger partial charge in [0, 0.05) is 19.5 Å². The Labute approximate surface area is 199 Å². The summed E-state index contributed by atoms with van der Waals surface area (Å²) in [6.45, 7) is 5.50. The van der Waals surface area contributed by atoms with Gasteiger partial charge in [0.15, 0.2) is 5.11 Å². The molecule has 0 radical (unpaired) electrons. The molecule has 0 saturated carbocycles. The molecule has 0 bridgehead atoms. The van der Waals surface area contributed by atoms with Crippen molar-refractivity contribution in [1.82, 2.24) is 15.5 Å². The molecule has 1 aliphatic rings. The third-order valence-electron chi connectivity index (χ3n) is 5.72. The Hall–Kier alpha value is -1.70. The molecular weight excluding hydrogens is 426 g/mol. The summed E-state index contributed by atoms with van der Waals surface area (Å²) in [5.41, 5.74) is 0. The van der Waals surface area contributed by atoms with Crippen LogP contribution >= 0.6 is 12.2 Å². The molecule has 1 atom stereocenters. The van der Waals surface area contributed by atoms with Gasteiger partial charge in [0.1, 0.15) is 6.04 Å². The number of hydrogen-bond acceptors (Lipinski definition) is 5. The van der Waals surface area contributed by atoms with E-state index in [2.05, 4.69) is 17.6 Å². The van der Waals surface area contributed by atoms with Crippen LogP contribution in [-0.4, -0.2) is 53.5 Å². The van der Waals surface area contributed by atoms with Crippen molar-refractivity contribution in [2.45, 2.75) is 110 Å². The fraction of sp³-hybridized carbons (Fsp3) is 0.833. The Morgan fingerprint density at radius 1 is 1.00 bits per heavy atom. The van der Waals surface area contributed by atoms with Gasteiger partial charge in [-0.2, -0.15) is 0 Å². The molecule has 0 spiro atoms. The molecule has 0 aromatic carbocycles. The van der Waals surface area contributed by atoms with Gasteiger partial charge < -0.3 is 20.3 Å². The standard InChI is InChI=1S/C24H43N3O4S/c1-3-5-7-8-9-10-11-12-13-14-18-31-22(29)19-20-23(30)25-16-17-27(20)24(32)26-21(28)15-6-4-2/h20H,3-19H2,1-2H3,(H,25,30)(H,26,28,32). The van der Waals surface area contributed by atoms with Gasteiger partial charge in [0.05, 0.1) is 13.0 Å². The van der Waals surface area contributed by atoms with Crippen LogP contribution in [0.15, 0.2) is 0 Å². The Balaban J connectivity index is 2.26. The molecule has 1 fully saturated rings. The lowest BCUT2D eigenvalue weighted by atomic mass is 10.1. The fourth-order valence-corrected chi connectivity index (χ4v) is 4.08. The number of carbonyl (C=O) groups is 3. The molecule has 1 saturated heterocycles. The minimum absolute atomic E-state index is 0.0748. The first kappa shape index (κ1) is 28.3. The van der Waals surface area contributed by atoms with E-state index in [-0.39, 0.29) is 23.3 Å². The number of piperazine rings is 1. The molecule has 0 aliphatic carbocycles. The number of nitrogens with one attached hydrogen (secondary N) is 2. The number of nitrogens with zero attached hydrogens (tertiary/aromatic N) is 1. The average molecular weight is 470 g/mol. The maximum Gasteiger partial charge on any atom is 0.308 e. The number of ether oxygens (including phenoxy) is 1. The zero-order valence-corrected chi connectivity index (χ0v) is 20.9. The highest BCUT2D eigenvalue weighted by Crippen LogP contribution is 2.13. The summed E-state index contributed by atoms with van der Waals surface area (Å²) in [5, 5.41) is 5.65. The molecule has 1 heterocycles. The Morgan fingerprint density at radius 3 is 2.22 bits per heavy atom. The zero-order chi connectivity index (χ0) is 23.6. The van der Waals surface area contributed by atoms with Gasteiger partial charge in [-0.25, -0.2) is 0 Å². The van der Waals surface area contributed by atoms with E-state index in [0.717, 1.165) is 32.1 Å². The molecule has 7 nitrogen and oxygen atoms in total. The lowest BCUT2D eigenvalue weighted by Gasteiger charge is -2.36. The first-order valence-electron chi connectivity index (χ1n) is 12.5. The third kappa shape index (κ3) is 12.4. The summed E-state index contributed by atoms with van der Waals surface area (Å²) in [6.07, 6.45) is 14.2. The molecule has 0 aromatic rings. The minimum atomic E-state index is -0.747. The van der Waals surface area contributed by atoms with Crippen LogP contribution < -0.4 is 10.6 Å². The maximum atomic E-state index is 12.3. The van der Waals surface area contributed by atoms with Gasteiger partial charge in [-0.15, -0.1) is 0 Å². The molecule has 1 aliphatic heterocycles. The lowest BCUT2D eigenvalue weighted by molar-refractivity contribution is -0.147. The van der Waals surface area contributed by atoms with Crippen molar-refractivity contribution in [3.63, 3.8) is 0 Å². The van der Waals surface area contributed by atoms with E-state index in [4.69, 9.17) is 17.0 Å². The molecule has 0 aromatic heterocycles. The first-order chi connectivity index (χ1) is 15.5. The summed E-state index contributed by atoms with van der Waals surface area (Å²) >= 11 is 5.33. The van der Waals surface area contributed by atoms with E-state index in [1.165, 1.54) is 44.9 Å². The molecule has 32 heavy (non-hydrogen) atoms. The van der Waals surface area contributed by atoms with Crippen molar-refractivity contribution >= 4 is 35.1 Å². The van der Waals surface area contributed by atoms with E-state index in [1.54, 1.807) is 4.90 Å². The molecular formula is C24H43N3O4S. The molecule has 184 valence electrons. The number of rotatable bonds is 16. The Morgan fingerprint density at radius 2 is 1.59 bits per heavy atom. The summed E-state index contributed by atoms with van der Waals surface area (Å²) in [4.78, 5) is 38.2. The summed E-state index contributed by atoms with van der Waals surface area (Å²) < 4.78 is 5.35. The highest BCUT2D eigenvalue weighted by Gasteiger charge is 2.34. The van der Waals surface area contributed by atoms with Crippen molar-refractivity contribution < 1.29 is 19.1 Å². The van der Waals surface area contributed by atoms with E-state index in [9.17, 15) is 14.4 Å². The zero-order valence-electron chi connectivity index (χ0n) is 20.1. The minimum Gasteiger partial charge on any atom is -0.466 e. The maximum absolute atomic E-state index is 12.3. The predicted octanol–water partition coefficient (Wildman–Crippen LogP) is 4.23. The van der Waals surface area contributed by atoms with Gasteiger partial charge >= 0.3 is 5.97 Å². The molecule has 2 N–H and O–H groups in total. The Bertz CT molecular complexity index is 586. The van der Waals surface area contributed by atoms with Crippen LogP contribution in [0.2, 0.25) is 0 Å². The van der Waals surface area contributed by atoms with Crippen LogP contribution in [-0.2, 0) is 19.1 Å². The number of carbonyl (C=O) groups excluding carboxylic acids is 3. The first-order valence-corrected chi connectivity index (χ1v) is 12.9. The van der Waals surface area contributed by atoms with Crippen molar-refractivity contribution in [2.24, 2.45) is 0 Å². The van der Waals surface area contributed by atoms with Gasteiger partial charge in [0.25, 0.3) is 0 Å². The number of hydrogen-bond donors (Lipinski definition) is 2. The molecule has 8 heteroatoms. The number of thiocarbonyl (C=S) groups is 1. The molecule has 2 amide bonds. The molecule has 1 unspecified atom stereocenters. The number of unbranched alkanes of at least 4 members (excludes halogenated alkanes) is 10. The number of esters is 1. The van der Waals surface area contributed by atoms with Crippen LogP contribution in [0.25, 0.3) is 0 Å². The smallest absolute Gasteiger partial charge is 0.308 e. The van der Waals surface area contributed by atoms with Crippen LogP contribution in [0.5, 0.6) is 0 Å². The summed E-state index contributed by atoms with van der Waals surface area (Å²) in [6, 6.07) is -0.747. The van der Waals surface area contributed by atoms with Gasteiger partial charge in [-0.1, -0.05) is 78.1 Å². The topological polar surface area (TPSA) is 87.7 Å². The quantitative estimate of drug-likeness (QED) is 0.200. The van der Waals surface area contributed by atoms with Crippen LogP contribution in [0.4, 0.5) is 0 Å². The second-order valence-electron chi connectivity index (χ2n) is 8.56. The van der Waals surface area contributed by atoms with E-state index >= 15 is 0 Å². The van der Waals surface area contributed by atoms with E-state index in [1.807, 2.05) is 6.92 Å². The van der Waals surface area contributed by atoms with Crippen molar-refractivity contribution in [1.29, 1.82) is 0 Å². The lowest BCUT2D eigenvalue weighted by Crippen LogP contribution is -2.60. The van der Waals surface area contributed by atoms with E-state index < -0.39 is 12.0 Å². The van der Waals surface area contributed by atoms with Gasteiger partial charge in [-0.05, 0) is 25.1 Å². The summed E-state index contributed by atoms with van der Waals surface area (Å²) in [7, 11) is 0. The van der Waals surface area contributed by atoms with E-state index in [0.29, 0.717) is 26.1 Å². The Kier molecular flexibility index (Phi) is 15.8. The SMILES string of the molecule is CCCCCCCCCCCCOC(=O)CC1C(=O)NCCN1C(=S)NC(=O)CCCC. The fourth-order valence-electron chi connectivity index (χ4n) is 3.74. The van der Waals surface area contributed by atoms with Crippen LogP contribution in [0.3, 0.4) is 0 Å². The van der Waals surface area contributed by atoms with Crippen LogP contribution in [0.1, 0.15) is 104 Å². The highest BCUT2D eigenvalue weighted by molar-refractivity contribution is 7.80. The highest BCUT2D eigenvalue weighted by atomic mass is 32.1. The van der Waals surface area contributed by atoms with Crippen molar-refractivity contribution in [2.75, 3.05) is 19.7 Å². The van der Waals surface area contributed by atoms with Crippen molar-refractivity contribution in [3.8, 4) is 0 Å². The number of amides is 2. The second-order valence-corrected chi connectivity index (χ2v) is 8.95. The largest absolute Gasteiger partial charge is 0.466 e.